The zero-order valence-electron chi connectivity index (χ0n) is 12.4. The highest BCUT2D eigenvalue weighted by molar-refractivity contribution is 7.13. The van der Waals surface area contributed by atoms with Crippen LogP contribution in [0.3, 0.4) is 0 Å². The number of fused-ring (bicyclic) bond motifs is 1. The van der Waals surface area contributed by atoms with E-state index >= 15 is 0 Å². The fourth-order valence-electron chi connectivity index (χ4n) is 2.25. The topological polar surface area (TPSA) is 89.4 Å². The van der Waals surface area contributed by atoms with Gasteiger partial charge in [0.05, 0.1) is 0 Å². The van der Waals surface area contributed by atoms with E-state index in [9.17, 15) is 4.79 Å². The summed E-state index contributed by atoms with van der Waals surface area (Å²) in [5, 5.41) is 6.93. The number of nitrogen functional groups attached to an aromatic ring is 1. The summed E-state index contributed by atoms with van der Waals surface area (Å²) in [6, 6.07) is 3.34. The van der Waals surface area contributed by atoms with Crippen molar-refractivity contribution in [3.63, 3.8) is 0 Å². The van der Waals surface area contributed by atoms with E-state index in [2.05, 4.69) is 15.1 Å². The number of carbonyl (C=O) groups is 1. The van der Waals surface area contributed by atoms with Crippen molar-refractivity contribution in [2.24, 2.45) is 0 Å². The van der Waals surface area contributed by atoms with Crippen LogP contribution in [0.25, 0.3) is 16.5 Å². The number of hydrogen-bond acceptors (Lipinski definition) is 6. The van der Waals surface area contributed by atoms with Crippen LogP contribution in [0.5, 0.6) is 0 Å². The van der Waals surface area contributed by atoms with Crippen LogP contribution in [0.15, 0.2) is 23.7 Å². The molecule has 0 aliphatic rings. The average Bonchev–Trinajstić information content (AvgIpc) is 3.17. The summed E-state index contributed by atoms with van der Waals surface area (Å²) >= 11 is 1.45. The number of aromatic nitrogens is 4. The second kappa shape index (κ2) is 5.72. The number of pyridine rings is 1. The van der Waals surface area contributed by atoms with Gasteiger partial charge in [0, 0.05) is 30.2 Å². The Kier molecular flexibility index (Phi) is 3.76. The Morgan fingerprint density at radius 2 is 2.14 bits per heavy atom. The quantitative estimate of drug-likeness (QED) is 0.794. The molecule has 0 aliphatic carbocycles. The number of hydrogen-bond donors (Lipinski definition) is 1. The maximum absolute atomic E-state index is 12.4. The van der Waals surface area contributed by atoms with E-state index in [-0.39, 0.29) is 5.91 Å². The standard InChI is InChI=1S/C14H16N6OS/c1-3-19(4-2)14(21)9-7-10(15)20-11(8-9)17-12(18-20)13-16-5-6-22-13/h5-8H,3-4,15H2,1-2H3. The zero-order chi connectivity index (χ0) is 15.7. The lowest BCUT2D eigenvalue weighted by Crippen LogP contribution is -2.30. The Hall–Kier alpha value is -2.48. The van der Waals surface area contributed by atoms with E-state index in [4.69, 9.17) is 5.73 Å². The summed E-state index contributed by atoms with van der Waals surface area (Å²) in [4.78, 5) is 22.8. The number of rotatable bonds is 4. The summed E-state index contributed by atoms with van der Waals surface area (Å²) in [6.45, 7) is 5.19. The minimum atomic E-state index is -0.0574. The lowest BCUT2D eigenvalue weighted by Gasteiger charge is -2.18. The van der Waals surface area contributed by atoms with Crippen LogP contribution >= 0.6 is 11.3 Å². The molecule has 0 bridgehead atoms. The lowest BCUT2D eigenvalue weighted by molar-refractivity contribution is 0.0773. The van der Waals surface area contributed by atoms with Crippen molar-refractivity contribution in [1.82, 2.24) is 24.5 Å². The van der Waals surface area contributed by atoms with Crippen molar-refractivity contribution in [2.75, 3.05) is 18.8 Å². The third-order valence-corrected chi connectivity index (χ3v) is 4.15. The average molecular weight is 316 g/mol. The fourth-order valence-corrected chi connectivity index (χ4v) is 2.81. The Morgan fingerprint density at radius 1 is 1.36 bits per heavy atom. The van der Waals surface area contributed by atoms with Gasteiger partial charge in [0.15, 0.2) is 10.7 Å². The third-order valence-electron chi connectivity index (χ3n) is 3.39. The van der Waals surface area contributed by atoms with Crippen LogP contribution in [0.4, 0.5) is 5.82 Å². The number of amides is 1. The van der Waals surface area contributed by atoms with Crippen molar-refractivity contribution in [3.05, 3.63) is 29.3 Å². The maximum atomic E-state index is 12.4. The molecule has 0 radical (unpaired) electrons. The van der Waals surface area contributed by atoms with E-state index in [1.165, 1.54) is 15.9 Å². The molecule has 3 aromatic rings. The Labute approximate surface area is 131 Å². The number of anilines is 1. The Balaban J connectivity index is 2.06. The smallest absolute Gasteiger partial charge is 0.254 e. The molecule has 22 heavy (non-hydrogen) atoms. The molecule has 3 heterocycles. The van der Waals surface area contributed by atoms with Gasteiger partial charge in [-0.25, -0.2) is 9.97 Å². The van der Waals surface area contributed by atoms with Gasteiger partial charge in [-0.15, -0.1) is 16.4 Å². The molecule has 0 atom stereocenters. The minimum Gasteiger partial charge on any atom is -0.384 e. The van der Waals surface area contributed by atoms with Gasteiger partial charge in [-0.1, -0.05) is 0 Å². The van der Waals surface area contributed by atoms with Crippen LogP contribution < -0.4 is 5.73 Å². The van der Waals surface area contributed by atoms with Gasteiger partial charge < -0.3 is 10.6 Å². The summed E-state index contributed by atoms with van der Waals surface area (Å²) in [6.07, 6.45) is 1.70. The van der Waals surface area contributed by atoms with Gasteiger partial charge in [-0.3, -0.25) is 4.79 Å². The van der Waals surface area contributed by atoms with Crippen molar-refractivity contribution >= 4 is 28.7 Å². The summed E-state index contributed by atoms with van der Waals surface area (Å²) in [5.41, 5.74) is 7.08. The van der Waals surface area contributed by atoms with Gasteiger partial charge in [0.25, 0.3) is 5.91 Å². The largest absolute Gasteiger partial charge is 0.384 e. The molecular formula is C14H16N6OS. The molecule has 0 spiro atoms. The monoisotopic (exact) mass is 316 g/mol. The molecule has 0 unspecified atom stereocenters. The normalized spacial score (nSPS) is 11.0. The summed E-state index contributed by atoms with van der Waals surface area (Å²) in [5.74, 6) is 0.829. The van der Waals surface area contributed by atoms with E-state index in [1.54, 1.807) is 23.2 Å². The number of thiazole rings is 1. The summed E-state index contributed by atoms with van der Waals surface area (Å²) < 4.78 is 1.52. The molecule has 0 fully saturated rings. The molecule has 7 nitrogen and oxygen atoms in total. The molecule has 0 saturated heterocycles. The minimum absolute atomic E-state index is 0.0574. The molecule has 0 saturated carbocycles. The highest BCUT2D eigenvalue weighted by Crippen LogP contribution is 2.21. The molecule has 114 valence electrons. The van der Waals surface area contributed by atoms with E-state index in [0.29, 0.717) is 35.9 Å². The van der Waals surface area contributed by atoms with Gasteiger partial charge in [-0.05, 0) is 26.0 Å². The second-order valence-corrected chi connectivity index (χ2v) is 5.58. The first-order valence-corrected chi connectivity index (χ1v) is 7.87. The fraction of sp³-hybridized carbons (Fsp3) is 0.286. The van der Waals surface area contributed by atoms with Gasteiger partial charge >= 0.3 is 0 Å². The Bertz CT molecular complexity index is 806. The van der Waals surface area contributed by atoms with Crippen molar-refractivity contribution in [1.29, 1.82) is 0 Å². The van der Waals surface area contributed by atoms with Gasteiger partial charge in [-0.2, -0.15) is 4.52 Å². The van der Waals surface area contributed by atoms with E-state index < -0.39 is 0 Å². The first-order chi connectivity index (χ1) is 10.6. The van der Waals surface area contributed by atoms with Crippen molar-refractivity contribution < 1.29 is 4.79 Å². The molecule has 2 N–H and O–H groups in total. The lowest BCUT2D eigenvalue weighted by atomic mass is 10.2. The predicted molar refractivity (Wildman–Crippen MR) is 85.8 cm³/mol. The first-order valence-electron chi connectivity index (χ1n) is 6.99. The second-order valence-electron chi connectivity index (χ2n) is 4.69. The molecule has 3 aromatic heterocycles. The summed E-state index contributed by atoms with van der Waals surface area (Å²) in [7, 11) is 0. The Morgan fingerprint density at radius 3 is 2.77 bits per heavy atom. The zero-order valence-corrected chi connectivity index (χ0v) is 13.2. The number of carbonyl (C=O) groups excluding carboxylic acids is 1. The van der Waals surface area contributed by atoms with Crippen LogP contribution in [-0.2, 0) is 0 Å². The molecule has 1 amide bonds. The van der Waals surface area contributed by atoms with Crippen molar-refractivity contribution in [3.8, 4) is 10.8 Å². The van der Waals surface area contributed by atoms with Crippen LogP contribution in [0.1, 0.15) is 24.2 Å². The molecule has 0 aliphatic heterocycles. The molecule has 3 rings (SSSR count). The maximum Gasteiger partial charge on any atom is 0.254 e. The number of nitrogens with two attached hydrogens (primary N) is 1. The highest BCUT2D eigenvalue weighted by Gasteiger charge is 2.17. The highest BCUT2D eigenvalue weighted by atomic mass is 32.1. The van der Waals surface area contributed by atoms with Crippen LogP contribution in [-0.4, -0.2) is 43.5 Å². The van der Waals surface area contributed by atoms with Crippen LogP contribution in [0.2, 0.25) is 0 Å². The van der Waals surface area contributed by atoms with Gasteiger partial charge in [0.1, 0.15) is 5.82 Å². The predicted octanol–water partition coefficient (Wildman–Crippen LogP) is 1.92. The molecular weight excluding hydrogens is 300 g/mol. The molecule has 0 aromatic carbocycles. The SMILES string of the molecule is CCN(CC)C(=O)c1cc(N)n2nc(-c3nccs3)nc2c1. The number of nitrogens with zero attached hydrogens (tertiary/aromatic N) is 5. The van der Waals surface area contributed by atoms with Gasteiger partial charge in [0.2, 0.25) is 5.82 Å². The van der Waals surface area contributed by atoms with E-state index in [1.807, 2.05) is 19.2 Å². The first kappa shape index (κ1) is 14.5. The molecule has 8 heteroatoms. The van der Waals surface area contributed by atoms with Crippen molar-refractivity contribution in [2.45, 2.75) is 13.8 Å². The third kappa shape index (κ3) is 2.41. The van der Waals surface area contributed by atoms with Crippen LogP contribution in [0, 0.1) is 0 Å². The van der Waals surface area contributed by atoms with E-state index in [0.717, 1.165) is 5.01 Å².